The van der Waals surface area contributed by atoms with Crippen LogP contribution in [-0.4, -0.2) is 17.6 Å². The molecule has 1 aliphatic rings. The Kier molecular flexibility index (Phi) is 4.70. The molecule has 2 amide bonds. The summed E-state index contributed by atoms with van der Waals surface area (Å²) < 4.78 is 5.72. The molecule has 1 atom stereocenters. The van der Waals surface area contributed by atoms with Crippen LogP contribution in [0.1, 0.15) is 29.6 Å². The molecule has 1 unspecified atom stereocenters. The van der Waals surface area contributed by atoms with Crippen molar-refractivity contribution in [3.63, 3.8) is 0 Å². The van der Waals surface area contributed by atoms with Crippen molar-refractivity contribution in [1.29, 1.82) is 0 Å². The number of para-hydroxylation sites is 1. The van der Waals surface area contributed by atoms with Gasteiger partial charge in [-0.2, -0.15) is 0 Å². The van der Waals surface area contributed by atoms with Gasteiger partial charge in [0.2, 0.25) is 11.8 Å². The Bertz CT molecular complexity index is 770. The van der Waals surface area contributed by atoms with Crippen LogP contribution in [0.5, 0.6) is 11.5 Å². The molecule has 3 rings (SSSR count). The SMILES string of the molecule is O=C1CCC(CC(=O)c2cccc(Oc3ccccc3)c2)C(=O)N1. The fraction of sp³-hybridized carbons (Fsp3) is 0.211. The van der Waals surface area contributed by atoms with E-state index in [9.17, 15) is 14.4 Å². The largest absolute Gasteiger partial charge is 0.457 e. The summed E-state index contributed by atoms with van der Waals surface area (Å²) in [6, 6.07) is 16.2. The number of ether oxygens (including phenoxy) is 1. The summed E-state index contributed by atoms with van der Waals surface area (Å²) in [5.41, 5.74) is 0.494. The van der Waals surface area contributed by atoms with Gasteiger partial charge in [-0.1, -0.05) is 30.3 Å². The Morgan fingerprint density at radius 1 is 1.04 bits per heavy atom. The van der Waals surface area contributed by atoms with E-state index in [0.29, 0.717) is 23.5 Å². The van der Waals surface area contributed by atoms with Crippen LogP contribution in [0.2, 0.25) is 0 Å². The van der Waals surface area contributed by atoms with Crippen molar-refractivity contribution in [2.75, 3.05) is 0 Å². The zero-order valence-corrected chi connectivity index (χ0v) is 13.0. The summed E-state index contributed by atoms with van der Waals surface area (Å²) >= 11 is 0. The van der Waals surface area contributed by atoms with Gasteiger partial charge in [-0.15, -0.1) is 0 Å². The molecule has 0 spiro atoms. The predicted octanol–water partition coefficient (Wildman–Crippen LogP) is 3.10. The first kappa shape index (κ1) is 15.9. The molecule has 0 saturated carbocycles. The third kappa shape index (κ3) is 3.87. The van der Waals surface area contributed by atoms with E-state index in [1.165, 1.54) is 0 Å². The third-order valence-electron chi connectivity index (χ3n) is 3.92. The molecule has 5 heteroatoms. The number of carbonyl (C=O) groups excluding carboxylic acids is 3. The van der Waals surface area contributed by atoms with Crippen molar-refractivity contribution in [3.8, 4) is 11.5 Å². The monoisotopic (exact) mass is 323 g/mol. The number of amides is 2. The highest BCUT2D eigenvalue weighted by Crippen LogP contribution is 2.24. The number of hydrogen-bond donors (Lipinski definition) is 1. The Balaban J connectivity index is 1.68. The number of rotatable bonds is 5. The Morgan fingerprint density at radius 3 is 2.54 bits per heavy atom. The van der Waals surface area contributed by atoms with Gasteiger partial charge in [0.1, 0.15) is 11.5 Å². The van der Waals surface area contributed by atoms with Crippen LogP contribution in [0.4, 0.5) is 0 Å². The minimum absolute atomic E-state index is 0.0912. The van der Waals surface area contributed by atoms with Crippen molar-refractivity contribution >= 4 is 17.6 Å². The summed E-state index contributed by atoms with van der Waals surface area (Å²) in [5.74, 6) is 0.0257. The van der Waals surface area contributed by atoms with E-state index in [-0.39, 0.29) is 30.4 Å². The number of nitrogens with one attached hydrogen (secondary N) is 1. The second-order valence-electron chi connectivity index (χ2n) is 5.72. The first-order valence-electron chi connectivity index (χ1n) is 7.81. The minimum atomic E-state index is -0.450. The van der Waals surface area contributed by atoms with Crippen LogP contribution >= 0.6 is 0 Å². The topological polar surface area (TPSA) is 72.5 Å². The van der Waals surface area contributed by atoms with Gasteiger partial charge in [-0.25, -0.2) is 0 Å². The van der Waals surface area contributed by atoms with Gasteiger partial charge in [0.05, 0.1) is 0 Å². The molecular weight excluding hydrogens is 306 g/mol. The average molecular weight is 323 g/mol. The smallest absolute Gasteiger partial charge is 0.230 e. The molecule has 2 aromatic rings. The van der Waals surface area contributed by atoms with Crippen molar-refractivity contribution in [1.82, 2.24) is 5.32 Å². The molecule has 1 saturated heterocycles. The lowest BCUT2D eigenvalue weighted by Crippen LogP contribution is -2.41. The number of carbonyl (C=O) groups is 3. The summed E-state index contributed by atoms with van der Waals surface area (Å²) in [6.07, 6.45) is 0.783. The lowest BCUT2D eigenvalue weighted by molar-refractivity contribution is -0.136. The summed E-state index contributed by atoms with van der Waals surface area (Å²) in [5, 5.41) is 2.28. The molecule has 2 aromatic carbocycles. The standard InChI is InChI=1S/C19H17NO4/c21-17(12-14-9-10-18(22)20-19(14)23)13-5-4-8-16(11-13)24-15-6-2-1-3-7-15/h1-8,11,14H,9-10,12H2,(H,20,22,23). The van der Waals surface area contributed by atoms with Gasteiger partial charge < -0.3 is 4.74 Å². The molecule has 122 valence electrons. The molecule has 0 bridgehead atoms. The van der Waals surface area contributed by atoms with E-state index >= 15 is 0 Å². The van der Waals surface area contributed by atoms with E-state index in [1.54, 1.807) is 24.3 Å². The first-order valence-corrected chi connectivity index (χ1v) is 7.81. The van der Waals surface area contributed by atoms with Crippen LogP contribution < -0.4 is 10.1 Å². The van der Waals surface area contributed by atoms with Crippen molar-refractivity contribution in [2.24, 2.45) is 5.92 Å². The summed E-state index contributed by atoms with van der Waals surface area (Å²) in [4.78, 5) is 35.4. The maximum Gasteiger partial charge on any atom is 0.230 e. The van der Waals surface area contributed by atoms with Crippen molar-refractivity contribution < 1.29 is 19.1 Å². The number of benzene rings is 2. The van der Waals surface area contributed by atoms with Crippen LogP contribution in [0.15, 0.2) is 54.6 Å². The van der Waals surface area contributed by atoms with Gasteiger partial charge in [0.25, 0.3) is 0 Å². The zero-order chi connectivity index (χ0) is 16.9. The van der Waals surface area contributed by atoms with Crippen molar-refractivity contribution in [3.05, 3.63) is 60.2 Å². The maximum atomic E-state index is 12.4. The van der Waals surface area contributed by atoms with Crippen molar-refractivity contribution in [2.45, 2.75) is 19.3 Å². The number of piperidine rings is 1. The molecule has 0 aromatic heterocycles. The molecule has 1 N–H and O–H groups in total. The van der Waals surface area contributed by atoms with Gasteiger partial charge in [0, 0.05) is 24.3 Å². The highest BCUT2D eigenvalue weighted by atomic mass is 16.5. The minimum Gasteiger partial charge on any atom is -0.457 e. The Morgan fingerprint density at radius 2 is 1.79 bits per heavy atom. The van der Waals surface area contributed by atoms with Crippen LogP contribution in [0.25, 0.3) is 0 Å². The van der Waals surface area contributed by atoms with E-state index in [1.807, 2.05) is 30.3 Å². The summed E-state index contributed by atoms with van der Waals surface area (Å²) in [7, 11) is 0. The van der Waals surface area contributed by atoms with Gasteiger partial charge in [-0.05, 0) is 30.7 Å². The normalized spacial score (nSPS) is 17.2. The van der Waals surface area contributed by atoms with Crippen LogP contribution in [0, 0.1) is 5.92 Å². The molecule has 24 heavy (non-hydrogen) atoms. The average Bonchev–Trinajstić information content (AvgIpc) is 2.58. The highest BCUT2D eigenvalue weighted by molar-refractivity contribution is 6.03. The third-order valence-corrected chi connectivity index (χ3v) is 3.92. The van der Waals surface area contributed by atoms with E-state index < -0.39 is 5.92 Å². The first-order chi connectivity index (χ1) is 11.6. The summed E-state index contributed by atoms with van der Waals surface area (Å²) in [6.45, 7) is 0. The molecule has 0 radical (unpaired) electrons. The number of Topliss-reactive ketones (excluding diaryl/α,β-unsaturated/α-hetero) is 1. The molecule has 1 fully saturated rings. The van der Waals surface area contributed by atoms with Gasteiger partial charge in [-0.3, -0.25) is 19.7 Å². The quantitative estimate of drug-likeness (QED) is 0.678. The van der Waals surface area contributed by atoms with Gasteiger partial charge in [0.15, 0.2) is 5.78 Å². The Hall–Kier alpha value is -2.95. The number of imide groups is 1. The zero-order valence-electron chi connectivity index (χ0n) is 13.0. The van der Waals surface area contributed by atoms with Crippen LogP contribution in [0.3, 0.4) is 0 Å². The van der Waals surface area contributed by atoms with E-state index in [4.69, 9.17) is 4.74 Å². The lowest BCUT2D eigenvalue weighted by Gasteiger charge is -2.20. The van der Waals surface area contributed by atoms with Gasteiger partial charge >= 0.3 is 0 Å². The lowest BCUT2D eigenvalue weighted by atomic mass is 9.91. The number of hydrogen-bond acceptors (Lipinski definition) is 4. The maximum absolute atomic E-state index is 12.4. The fourth-order valence-corrected chi connectivity index (χ4v) is 2.63. The van der Waals surface area contributed by atoms with E-state index in [0.717, 1.165) is 0 Å². The molecule has 0 aliphatic carbocycles. The Labute approximate surface area is 139 Å². The second-order valence-corrected chi connectivity index (χ2v) is 5.72. The second kappa shape index (κ2) is 7.08. The number of ketones is 1. The molecular formula is C19H17NO4. The predicted molar refractivity (Wildman–Crippen MR) is 87.8 cm³/mol. The van der Waals surface area contributed by atoms with Crippen LogP contribution in [-0.2, 0) is 9.59 Å². The fourth-order valence-electron chi connectivity index (χ4n) is 2.63. The molecule has 1 aliphatic heterocycles. The highest BCUT2D eigenvalue weighted by Gasteiger charge is 2.28. The molecule has 1 heterocycles. The molecule has 5 nitrogen and oxygen atoms in total. The van der Waals surface area contributed by atoms with E-state index in [2.05, 4.69) is 5.32 Å².